The summed E-state index contributed by atoms with van der Waals surface area (Å²) >= 11 is 0. The number of rotatable bonds is 1. The molecule has 0 unspecified atom stereocenters. The van der Waals surface area contributed by atoms with Crippen LogP contribution in [0.3, 0.4) is 0 Å². The summed E-state index contributed by atoms with van der Waals surface area (Å²) in [5.74, 6) is 0.0867. The van der Waals surface area contributed by atoms with E-state index in [1.165, 1.54) is 27.6 Å². The molecule has 4 aromatic carbocycles. The number of carbonyl (C=O) groups is 1. The summed E-state index contributed by atoms with van der Waals surface area (Å²) in [6.45, 7) is 0. The minimum absolute atomic E-state index is 0.0867. The zero-order chi connectivity index (χ0) is 19.8. The van der Waals surface area contributed by atoms with Crippen molar-refractivity contribution in [2.24, 2.45) is 0 Å². The van der Waals surface area contributed by atoms with Crippen LogP contribution >= 0.6 is 0 Å². The second kappa shape index (κ2) is 5.52. The molecule has 138 valence electrons. The molecule has 30 heavy (non-hydrogen) atoms. The molecule has 5 aromatic rings. The Morgan fingerprint density at radius 3 is 1.87 bits per heavy atom. The van der Waals surface area contributed by atoms with Gasteiger partial charge in [0.25, 0.3) is 0 Å². The Bertz CT molecular complexity index is 1560. The number of hydrogen-bond acceptors (Lipinski definition) is 2. The van der Waals surface area contributed by atoms with Gasteiger partial charge >= 0.3 is 0 Å². The fraction of sp³-hybridized carbons (Fsp3) is 0. The first-order valence-corrected chi connectivity index (χ1v) is 10.1. The molecule has 1 heterocycles. The maximum atomic E-state index is 13.3. The van der Waals surface area contributed by atoms with Gasteiger partial charge in [-0.1, -0.05) is 78.9 Å². The van der Waals surface area contributed by atoms with Crippen LogP contribution in [0, 0.1) is 0 Å². The molecule has 0 N–H and O–H groups in total. The standard InChI is InChI=1S/C28H15NO/c30-28-21-10-4-3-9-18(21)20-11-5-13-22(27(20)28)25-15-23-17-8-2-1-7-16(17)19-12-6-14-24(29-25)26(19)23/h1-15H. The molecule has 0 aliphatic heterocycles. The van der Waals surface area contributed by atoms with Gasteiger partial charge in [-0.2, -0.15) is 0 Å². The zero-order valence-electron chi connectivity index (χ0n) is 16.0. The molecule has 0 spiro atoms. The van der Waals surface area contributed by atoms with E-state index in [9.17, 15) is 4.79 Å². The van der Waals surface area contributed by atoms with E-state index in [4.69, 9.17) is 4.98 Å². The largest absolute Gasteiger partial charge is 0.289 e. The zero-order valence-corrected chi connectivity index (χ0v) is 16.0. The maximum absolute atomic E-state index is 13.3. The lowest BCUT2D eigenvalue weighted by Crippen LogP contribution is -1.99. The topological polar surface area (TPSA) is 30.0 Å². The molecule has 2 aliphatic carbocycles. The summed E-state index contributed by atoms with van der Waals surface area (Å²) in [6, 6.07) is 30.9. The molecule has 0 atom stereocenters. The normalized spacial score (nSPS) is 12.7. The molecular formula is C28H15NO. The Kier molecular flexibility index (Phi) is 2.91. The van der Waals surface area contributed by atoms with Crippen molar-refractivity contribution in [3.63, 3.8) is 0 Å². The van der Waals surface area contributed by atoms with Crippen LogP contribution in [0.25, 0.3) is 55.5 Å². The average molecular weight is 381 g/mol. The molecule has 2 nitrogen and oxygen atoms in total. The van der Waals surface area contributed by atoms with Crippen LogP contribution in [0.2, 0.25) is 0 Å². The predicted octanol–water partition coefficient (Wildman–Crippen LogP) is 6.76. The lowest BCUT2D eigenvalue weighted by molar-refractivity contribution is 0.104. The SMILES string of the molecule is O=C1c2ccccc2-c2cccc(-c3cc4c5c(cccc5n3)-c3ccccc3-4)c21. The van der Waals surface area contributed by atoms with Crippen LogP contribution in [0.5, 0.6) is 0 Å². The molecule has 0 amide bonds. The molecule has 0 fully saturated rings. The number of hydrogen-bond donors (Lipinski definition) is 0. The number of aromatic nitrogens is 1. The van der Waals surface area contributed by atoms with Crippen LogP contribution in [0.15, 0.2) is 91.0 Å². The fourth-order valence-corrected chi connectivity index (χ4v) is 5.10. The highest BCUT2D eigenvalue weighted by Gasteiger charge is 2.30. The van der Waals surface area contributed by atoms with E-state index in [0.717, 1.165) is 39.0 Å². The lowest BCUT2D eigenvalue weighted by atomic mass is 9.96. The van der Waals surface area contributed by atoms with E-state index in [1.807, 2.05) is 42.5 Å². The third-order valence-electron chi connectivity index (χ3n) is 6.37. The van der Waals surface area contributed by atoms with Crippen molar-refractivity contribution in [2.75, 3.05) is 0 Å². The monoisotopic (exact) mass is 381 g/mol. The molecule has 0 bridgehead atoms. The first-order chi connectivity index (χ1) is 14.8. The van der Waals surface area contributed by atoms with Gasteiger partial charge in [0.15, 0.2) is 5.78 Å². The molecule has 0 radical (unpaired) electrons. The number of carbonyl (C=O) groups excluding carboxylic acids is 1. The van der Waals surface area contributed by atoms with Crippen molar-refractivity contribution in [3.05, 3.63) is 102 Å². The van der Waals surface area contributed by atoms with Gasteiger partial charge in [0.1, 0.15) is 0 Å². The van der Waals surface area contributed by atoms with Crippen LogP contribution in [-0.4, -0.2) is 10.8 Å². The highest BCUT2D eigenvalue weighted by molar-refractivity contribution is 6.25. The van der Waals surface area contributed by atoms with Gasteiger partial charge in [-0.25, -0.2) is 4.98 Å². The number of pyridine rings is 1. The highest BCUT2D eigenvalue weighted by atomic mass is 16.1. The quantitative estimate of drug-likeness (QED) is 0.314. The summed E-state index contributed by atoms with van der Waals surface area (Å²) in [7, 11) is 0. The number of ketones is 1. The average Bonchev–Trinajstić information content (AvgIpc) is 3.29. The van der Waals surface area contributed by atoms with Crippen molar-refractivity contribution in [1.82, 2.24) is 4.98 Å². The van der Waals surface area contributed by atoms with E-state index in [2.05, 4.69) is 48.5 Å². The highest BCUT2D eigenvalue weighted by Crippen LogP contribution is 2.48. The summed E-state index contributed by atoms with van der Waals surface area (Å²) < 4.78 is 0. The van der Waals surface area contributed by atoms with Gasteiger partial charge in [0.2, 0.25) is 0 Å². The summed E-state index contributed by atoms with van der Waals surface area (Å²) in [5.41, 5.74) is 11.2. The second-order valence-corrected chi connectivity index (χ2v) is 7.90. The minimum Gasteiger partial charge on any atom is -0.289 e. The van der Waals surface area contributed by atoms with Gasteiger partial charge in [0, 0.05) is 22.1 Å². The lowest BCUT2D eigenvalue weighted by Gasteiger charge is -2.10. The Morgan fingerprint density at radius 2 is 1.07 bits per heavy atom. The van der Waals surface area contributed by atoms with Crippen molar-refractivity contribution in [2.45, 2.75) is 0 Å². The van der Waals surface area contributed by atoms with Gasteiger partial charge in [-0.05, 0) is 45.5 Å². The first kappa shape index (κ1) is 15.8. The van der Waals surface area contributed by atoms with Gasteiger partial charge in [-0.3, -0.25) is 4.79 Å². The van der Waals surface area contributed by atoms with Crippen LogP contribution < -0.4 is 0 Å². The van der Waals surface area contributed by atoms with E-state index >= 15 is 0 Å². The van der Waals surface area contributed by atoms with Crippen molar-refractivity contribution in [1.29, 1.82) is 0 Å². The fourth-order valence-electron chi connectivity index (χ4n) is 5.10. The molecule has 0 saturated carbocycles. The summed E-state index contributed by atoms with van der Waals surface area (Å²) in [6.07, 6.45) is 0. The third-order valence-corrected chi connectivity index (χ3v) is 6.37. The van der Waals surface area contributed by atoms with Gasteiger partial charge in [0.05, 0.1) is 11.2 Å². The van der Waals surface area contributed by atoms with Gasteiger partial charge in [-0.15, -0.1) is 0 Å². The van der Waals surface area contributed by atoms with E-state index < -0.39 is 0 Å². The Morgan fingerprint density at radius 1 is 0.500 bits per heavy atom. The second-order valence-electron chi connectivity index (χ2n) is 7.90. The molecular weight excluding hydrogens is 366 g/mol. The Labute approximate surface area is 173 Å². The van der Waals surface area contributed by atoms with Crippen molar-refractivity contribution in [3.8, 4) is 44.6 Å². The Balaban J connectivity index is 1.54. The maximum Gasteiger partial charge on any atom is 0.194 e. The smallest absolute Gasteiger partial charge is 0.194 e. The number of benzene rings is 4. The van der Waals surface area contributed by atoms with Crippen LogP contribution in [-0.2, 0) is 0 Å². The summed E-state index contributed by atoms with van der Waals surface area (Å²) in [4.78, 5) is 18.3. The number of fused-ring (bicyclic) bond motifs is 6. The molecule has 0 saturated heterocycles. The Hall–Kier alpha value is -4.04. The van der Waals surface area contributed by atoms with Gasteiger partial charge < -0.3 is 0 Å². The van der Waals surface area contributed by atoms with E-state index in [-0.39, 0.29) is 5.78 Å². The van der Waals surface area contributed by atoms with E-state index in [1.54, 1.807) is 0 Å². The molecule has 2 heteroatoms. The van der Waals surface area contributed by atoms with Crippen LogP contribution in [0.1, 0.15) is 15.9 Å². The molecule has 1 aromatic heterocycles. The third kappa shape index (κ3) is 1.88. The number of nitrogens with zero attached hydrogens (tertiary/aromatic N) is 1. The van der Waals surface area contributed by atoms with E-state index in [0.29, 0.717) is 0 Å². The van der Waals surface area contributed by atoms with Crippen LogP contribution in [0.4, 0.5) is 0 Å². The predicted molar refractivity (Wildman–Crippen MR) is 120 cm³/mol. The van der Waals surface area contributed by atoms with Crippen molar-refractivity contribution < 1.29 is 4.79 Å². The summed E-state index contributed by atoms with van der Waals surface area (Å²) in [5, 5.41) is 1.20. The molecule has 2 aliphatic rings. The molecule has 7 rings (SSSR count). The van der Waals surface area contributed by atoms with Crippen molar-refractivity contribution >= 4 is 16.7 Å². The minimum atomic E-state index is 0.0867. The first-order valence-electron chi connectivity index (χ1n) is 10.1.